The molecule has 0 heterocycles. The van der Waals surface area contributed by atoms with Crippen molar-refractivity contribution in [1.29, 1.82) is 0 Å². The van der Waals surface area contributed by atoms with Gasteiger partial charge in [-0.3, -0.25) is 0 Å². The number of carbonyl (C=O) groups is 1. The predicted octanol–water partition coefficient (Wildman–Crippen LogP) is -0.585. The number of halogens is 3. The minimum absolute atomic E-state index is 0. The number of carbonyl (C=O) groups excluding carboxylic acids is 1. The second-order valence-corrected chi connectivity index (χ2v) is 3.43. The molecule has 1 aromatic carbocycles. The Kier molecular flexibility index (Phi) is 7.53. The first-order valence-corrected chi connectivity index (χ1v) is 4.83. The van der Waals surface area contributed by atoms with Gasteiger partial charge in [0.25, 0.3) is 0 Å². The van der Waals surface area contributed by atoms with Gasteiger partial charge >= 0.3 is 64.3 Å². The third-order valence-corrected chi connectivity index (χ3v) is 2.16. The summed E-state index contributed by atoms with van der Waals surface area (Å²) in [5.41, 5.74) is 0.162. The Morgan fingerprint density at radius 1 is 1.28 bits per heavy atom. The molecule has 0 radical (unpaired) electrons. The molecule has 3 nitrogen and oxygen atoms in total. The monoisotopic (exact) mass is 286 g/mol. The molecule has 0 N–H and O–H groups in total. The van der Waals surface area contributed by atoms with Crippen LogP contribution in [0.25, 0.3) is 0 Å². The van der Waals surface area contributed by atoms with Crippen LogP contribution in [0.5, 0.6) is 5.75 Å². The van der Waals surface area contributed by atoms with E-state index >= 15 is 0 Å². The molecule has 0 saturated carbocycles. The molecule has 0 saturated heterocycles. The van der Waals surface area contributed by atoms with Crippen LogP contribution >= 0.6 is 0 Å². The summed E-state index contributed by atoms with van der Waals surface area (Å²) in [5, 5.41) is 0. The van der Waals surface area contributed by atoms with E-state index in [2.05, 4.69) is 4.74 Å². The van der Waals surface area contributed by atoms with E-state index in [0.29, 0.717) is 0 Å². The number of ether oxygens (including phenoxy) is 2. The van der Waals surface area contributed by atoms with Gasteiger partial charge in [-0.25, -0.2) is 4.79 Å². The predicted molar refractivity (Wildman–Crippen MR) is 57.1 cm³/mol. The van der Waals surface area contributed by atoms with E-state index in [1.165, 1.54) is 32.4 Å². The molecule has 0 aliphatic heterocycles. The first-order chi connectivity index (χ1) is 7.87. The number of methoxy groups -OCH3 is 2. The van der Waals surface area contributed by atoms with Gasteiger partial charge in [-0.05, 0) is 17.7 Å². The van der Waals surface area contributed by atoms with Crippen LogP contribution in [0.15, 0.2) is 18.2 Å². The summed E-state index contributed by atoms with van der Waals surface area (Å²) in [6.07, 6.45) is -1.04. The summed E-state index contributed by atoms with van der Waals surface area (Å²) < 4.78 is 46.2. The van der Waals surface area contributed by atoms with Crippen LogP contribution < -0.4 is 56.1 Å². The van der Waals surface area contributed by atoms with Crippen molar-refractivity contribution in [2.24, 2.45) is 0 Å². The van der Waals surface area contributed by atoms with E-state index in [1.54, 1.807) is 0 Å². The molecule has 0 spiro atoms. The molecule has 8 heteroatoms. The van der Waals surface area contributed by atoms with Gasteiger partial charge in [-0.1, -0.05) is 12.4 Å². The second-order valence-electron chi connectivity index (χ2n) is 3.43. The van der Waals surface area contributed by atoms with Gasteiger partial charge < -0.3 is 22.4 Å². The standard InChI is InChI=1S/C10H11BF3O3.K/c1-16-9-5-7(10(15)17-2)3-4-8(9)6-11(12,13)14;/h3-5H,6H2,1-2H3;/q-1;+1. The summed E-state index contributed by atoms with van der Waals surface area (Å²) >= 11 is 0. The first-order valence-electron chi connectivity index (χ1n) is 4.83. The molecule has 0 bridgehead atoms. The molecule has 0 aliphatic rings. The van der Waals surface area contributed by atoms with Crippen molar-refractivity contribution >= 4 is 12.9 Å². The van der Waals surface area contributed by atoms with Crippen molar-refractivity contribution in [1.82, 2.24) is 0 Å². The maximum atomic E-state index is 12.3. The summed E-state index contributed by atoms with van der Waals surface area (Å²) in [4.78, 5) is 11.2. The molecule has 0 amide bonds. The largest absolute Gasteiger partial charge is 1.00 e. The molecule has 94 valence electrons. The number of hydrogen-bond donors (Lipinski definition) is 0. The average Bonchev–Trinajstić information content (AvgIpc) is 2.26. The Morgan fingerprint density at radius 2 is 1.89 bits per heavy atom. The molecule has 1 rings (SSSR count). The number of rotatable bonds is 4. The fourth-order valence-electron chi connectivity index (χ4n) is 1.41. The fourth-order valence-corrected chi connectivity index (χ4v) is 1.41. The third kappa shape index (κ3) is 5.31. The minimum Gasteiger partial charge on any atom is -0.497 e. The van der Waals surface area contributed by atoms with Crippen molar-refractivity contribution in [3.05, 3.63) is 29.3 Å². The van der Waals surface area contributed by atoms with Gasteiger partial charge in [-0.15, -0.1) is 0 Å². The van der Waals surface area contributed by atoms with Crippen LogP contribution in [0.1, 0.15) is 15.9 Å². The van der Waals surface area contributed by atoms with Crippen LogP contribution in [0, 0.1) is 0 Å². The van der Waals surface area contributed by atoms with Gasteiger partial charge in [0.05, 0.1) is 19.8 Å². The smallest absolute Gasteiger partial charge is 0.497 e. The fraction of sp³-hybridized carbons (Fsp3) is 0.300. The van der Waals surface area contributed by atoms with Gasteiger partial charge in [0, 0.05) is 0 Å². The zero-order chi connectivity index (χ0) is 13.1. The quantitative estimate of drug-likeness (QED) is 0.548. The molecular formula is C10H11BF3KO3. The van der Waals surface area contributed by atoms with Gasteiger partial charge in [-0.2, -0.15) is 0 Å². The van der Waals surface area contributed by atoms with Crippen molar-refractivity contribution in [3.63, 3.8) is 0 Å². The Labute approximate surface area is 146 Å². The Morgan fingerprint density at radius 3 is 2.33 bits per heavy atom. The molecule has 0 aliphatic carbocycles. The van der Waals surface area contributed by atoms with E-state index in [-0.39, 0.29) is 68.3 Å². The van der Waals surface area contributed by atoms with Crippen LogP contribution in [0.4, 0.5) is 12.9 Å². The molecule has 0 aromatic heterocycles. The zero-order valence-corrected chi connectivity index (χ0v) is 13.5. The van der Waals surface area contributed by atoms with E-state index in [4.69, 9.17) is 4.74 Å². The van der Waals surface area contributed by atoms with Crippen molar-refractivity contribution in [2.75, 3.05) is 14.2 Å². The summed E-state index contributed by atoms with van der Waals surface area (Å²) in [6.45, 7) is -4.94. The Balaban J connectivity index is 0.00000289. The third-order valence-electron chi connectivity index (χ3n) is 2.16. The molecule has 0 unspecified atom stereocenters. The summed E-state index contributed by atoms with van der Waals surface area (Å²) in [6, 6.07) is 3.74. The van der Waals surface area contributed by atoms with Crippen molar-refractivity contribution < 1.29 is 78.6 Å². The van der Waals surface area contributed by atoms with Crippen LogP contribution in [0.3, 0.4) is 0 Å². The second kappa shape index (κ2) is 7.54. The van der Waals surface area contributed by atoms with E-state index in [0.717, 1.165) is 0 Å². The van der Waals surface area contributed by atoms with E-state index in [1.807, 2.05) is 0 Å². The van der Waals surface area contributed by atoms with E-state index < -0.39 is 19.3 Å². The van der Waals surface area contributed by atoms with Crippen LogP contribution in [0.2, 0.25) is 0 Å². The molecule has 1 aromatic rings. The average molecular weight is 286 g/mol. The minimum atomic E-state index is -4.94. The first kappa shape index (κ1) is 18.0. The number of hydrogen-bond acceptors (Lipinski definition) is 3. The Bertz CT molecular complexity index is 423. The maximum absolute atomic E-state index is 12.3. The molecular weight excluding hydrogens is 275 g/mol. The maximum Gasteiger partial charge on any atom is 1.00 e. The SMILES string of the molecule is COC(=O)c1ccc(C[B-](F)(F)F)c(OC)c1.[K+]. The normalized spacial score (nSPS) is 10.5. The topological polar surface area (TPSA) is 35.5 Å². The van der Waals surface area contributed by atoms with Crippen LogP contribution in [-0.4, -0.2) is 27.2 Å². The van der Waals surface area contributed by atoms with Gasteiger partial charge in [0.15, 0.2) is 0 Å². The van der Waals surface area contributed by atoms with Gasteiger partial charge in [0.1, 0.15) is 5.75 Å². The molecule has 0 atom stereocenters. The van der Waals surface area contributed by atoms with Crippen molar-refractivity contribution in [3.8, 4) is 5.75 Å². The Hall–Kier alpha value is -0.0187. The number of benzene rings is 1. The molecule has 0 fully saturated rings. The van der Waals surface area contributed by atoms with Crippen molar-refractivity contribution in [2.45, 2.75) is 6.32 Å². The van der Waals surface area contributed by atoms with Crippen LogP contribution in [-0.2, 0) is 11.1 Å². The van der Waals surface area contributed by atoms with E-state index in [9.17, 15) is 17.7 Å². The summed E-state index contributed by atoms with van der Waals surface area (Å²) in [5.74, 6) is -0.584. The summed E-state index contributed by atoms with van der Waals surface area (Å²) in [7, 11) is 2.45. The van der Waals surface area contributed by atoms with Gasteiger partial charge in [0.2, 0.25) is 0 Å². The molecule has 18 heavy (non-hydrogen) atoms. The zero-order valence-electron chi connectivity index (χ0n) is 10.4. The number of esters is 1.